The summed E-state index contributed by atoms with van der Waals surface area (Å²) in [6, 6.07) is 8.06. The van der Waals surface area contributed by atoms with Crippen molar-refractivity contribution in [2.75, 3.05) is 40.3 Å². The average Bonchev–Trinajstić information content (AvgIpc) is 2.99. The Balaban J connectivity index is 1.52. The zero-order valence-electron chi connectivity index (χ0n) is 16.4. The van der Waals surface area contributed by atoms with Gasteiger partial charge < -0.3 is 20.1 Å². The highest BCUT2D eigenvalue weighted by Gasteiger charge is 2.40. The molecule has 0 amide bonds. The van der Waals surface area contributed by atoms with Crippen LogP contribution in [0.15, 0.2) is 29.2 Å². The summed E-state index contributed by atoms with van der Waals surface area (Å²) in [6.45, 7) is 7.58. The molecule has 27 heavy (non-hydrogen) atoms. The first-order valence-electron chi connectivity index (χ1n) is 9.68. The summed E-state index contributed by atoms with van der Waals surface area (Å²) in [6.07, 6.45) is 0.575. The summed E-state index contributed by atoms with van der Waals surface area (Å²) < 4.78 is 6.06. The number of likely N-dealkylation sites (N-methyl/N-ethyl adjacent to an activating group) is 2. The minimum absolute atomic E-state index is 0.00341. The highest BCUT2D eigenvalue weighted by Crippen LogP contribution is 2.38. The van der Waals surface area contributed by atoms with Crippen LogP contribution in [-0.2, 0) is 16.1 Å². The van der Waals surface area contributed by atoms with Crippen LogP contribution in [0.2, 0.25) is 0 Å². The topological polar surface area (TPSA) is 65.0 Å². The second-order valence-corrected chi connectivity index (χ2v) is 8.92. The fraction of sp³-hybridized carbons (Fsp3) is 0.650. The zero-order valence-corrected chi connectivity index (χ0v) is 17.2. The standard InChI is InChI=1S/C20H31N3O3S/c1-14-12-17(26-19(14)18(21-2)20(24)25)27-16-6-4-15(5-7-16)13-23-10-8-22(3)9-11-23/h4-7,14,17-19,21H,8-13H2,1-3H3,(H,24,25)/t14-,17?,18?,19-/m1/s1. The molecule has 0 aliphatic carbocycles. The third kappa shape index (κ3) is 5.45. The molecule has 1 aromatic carbocycles. The number of hydrogen-bond donors (Lipinski definition) is 2. The maximum atomic E-state index is 11.4. The molecule has 150 valence electrons. The van der Waals surface area contributed by atoms with Gasteiger partial charge in [-0.2, -0.15) is 0 Å². The van der Waals surface area contributed by atoms with Crippen molar-refractivity contribution >= 4 is 17.7 Å². The third-order valence-corrected chi connectivity index (χ3v) is 6.64. The molecular formula is C20H31N3O3S. The van der Waals surface area contributed by atoms with E-state index in [9.17, 15) is 9.90 Å². The number of rotatable bonds is 7. The van der Waals surface area contributed by atoms with Gasteiger partial charge >= 0.3 is 5.97 Å². The number of piperazine rings is 1. The quantitative estimate of drug-likeness (QED) is 0.734. The van der Waals surface area contributed by atoms with Gasteiger partial charge in [-0.15, -0.1) is 0 Å². The molecule has 0 spiro atoms. The molecule has 2 aliphatic heterocycles. The van der Waals surface area contributed by atoms with Gasteiger partial charge in [0.1, 0.15) is 11.5 Å². The number of carboxylic acid groups (broad SMARTS) is 1. The van der Waals surface area contributed by atoms with E-state index in [0.29, 0.717) is 0 Å². The number of hydrogen-bond acceptors (Lipinski definition) is 6. The Labute approximate surface area is 166 Å². The Morgan fingerprint density at radius 3 is 2.56 bits per heavy atom. The Kier molecular flexibility index (Phi) is 7.16. The Morgan fingerprint density at radius 1 is 1.30 bits per heavy atom. The van der Waals surface area contributed by atoms with Crippen molar-refractivity contribution in [3.8, 4) is 0 Å². The number of aliphatic carboxylic acids is 1. The number of carbonyl (C=O) groups is 1. The number of thioether (sulfide) groups is 1. The van der Waals surface area contributed by atoms with Crippen LogP contribution >= 0.6 is 11.8 Å². The molecule has 4 atom stereocenters. The van der Waals surface area contributed by atoms with Crippen LogP contribution < -0.4 is 5.32 Å². The number of benzene rings is 1. The first kappa shape index (κ1) is 20.6. The van der Waals surface area contributed by atoms with Crippen molar-refractivity contribution in [1.29, 1.82) is 0 Å². The van der Waals surface area contributed by atoms with Gasteiger partial charge in [0, 0.05) is 37.6 Å². The number of nitrogens with zero attached hydrogens (tertiary/aromatic N) is 2. The predicted octanol–water partition coefficient (Wildman–Crippen LogP) is 1.95. The molecule has 1 aromatic rings. The summed E-state index contributed by atoms with van der Waals surface area (Å²) in [4.78, 5) is 17.4. The molecule has 0 radical (unpaired) electrons. The van der Waals surface area contributed by atoms with Crippen molar-refractivity contribution in [2.45, 2.75) is 42.4 Å². The molecule has 2 N–H and O–H groups in total. The molecular weight excluding hydrogens is 362 g/mol. The molecule has 7 heteroatoms. The van der Waals surface area contributed by atoms with Gasteiger partial charge in [-0.25, -0.2) is 0 Å². The summed E-state index contributed by atoms with van der Waals surface area (Å²) in [5, 5.41) is 12.2. The molecule has 0 bridgehead atoms. The SMILES string of the molecule is CNC(C(=O)O)[C@@H]1OC(Sc2ccc(CN3CCN(C)CC3)cc2)C[C@H]1C. The van der Waals surface area contributed by atoms with E-state index in [4.69, 9.17) is 4.74 Å². The Hall–Kier alpha value is -1.12. The van der Waals surface area contributed by atoms with Crippen molar-refractivity contribution in [2.24, 2.45) is 5.92 Å². The lowest BCUT2D eigenvalue weighted by molar-refractivity contribution is -0.143. The fourth-order valence-corrected chi connectivity index (χ4v) is 4.98. The Bertz CT molecular complexity index is 619. The summed E-state index contributed by atoms with van der Waals surface area (Å²) in [7, 11) is 3.85. The van der Waals surface area contributed by atoms with Gasteiger partial charge in [0.2, 0.25) is 0 Å². The average molecular weight is 394 g/mol. The van der Waals surface area contributed by atoms with Gasteiger partial charge in [-0.3, -0.25) is 9.69 Å². The van der Waals surface area contributed by atoms with Gasteiger partial charge in [0.15, 0.2) is 0 Å². The lowest BCUT2D eigenvalue weighted by atomic mass is 9.98. The van der Waals surface area contributed by atoms with Crippen LogP contribution in [0.3, 0.4) is 0 Å². The predicted molar refractivity (Wildman–Crippen MR) is 108 cm³/mol. The molecule has 3 rings (SSSR count). The second-order valence-electron chi connectivity index (χ2n) is 7.69. The van der Waals surface area contributed by atoms with Crippen molar-refractivity contribution in [1.82, 2.24) is 15.1 Å². The third-order valence-electron chi connectivity index (χ3n) is 5.53. The molecule has 2 aliphatic rings. The first-order valence-corrected chi connectivity index (χ1v) is 10.6. The minimum Gasteiger partial charge on any atom is -0.480 e. The molecule has 0 saturated carbocycles. The van der Waals surface area contributed by atoms with E-state index in [2.05, 4.69) is 53.4 Å². The second kappa shape index (κ2) is 9.39. The highest BCUT2D eigenvalue weighted by atomic mass is 32.2. The summed E-state index contributed by atoms with van der Waals surface area (Å²) >= 11 is 1.69. The van der Waals surface area contributed by atoms with E-state index >= 15 is 0 Å². The van der Waals surface area contributed by atoms with Crippen molar-refractivity contribution < 1.29 is 14.6 Å². The van der Waals surface area contributed by atoms with E-state index in [1.807, 2.05) is 0 Å². The van der Waals surface area contributed by atoms with Crippen LogP contribution in [-0.4, -0.2) is 78.7 Å². The molecule has 2 saturated heterocycles. The zero-order chi connectivity index (χ0) is 19.4. The van der Waals surface area contributed by atoms with Crippen molar-refractivity contribution in [3.63, 3.8) is 0 Å². The lowest BCUT2D eigenvalue weighted by Crippen LogP contribution is -2.46. The largest absolute Gasteiger partial charge is 0.480 e. The van der Waals surface area contributed by atoms with Gasteiger partial charge in [-0.05, 0) is 44.1 Å². The highest BCUT2D eigenvalue weighted by molar-refractivity contribution is 7.99. The molecule has 6 nitrogen and oxygen atoms in total. The first-order chi connectivity index (χ1) is 13.0. The maximum absolute atomic E-state index is 11.4. The fourth-order valence-electron chi connectivity index (χ4n) is 3.80. The molecule has 2 unspecified atom stereocenters. The van der Waals surface area contributed by atoms with Crippen LogP contribution in [0.4, 0.5) is 0 Å². The van der Waals surface area contributed by atoms with Gasteiger partial charge in [-0.1, -0.05) is 30.8 Å². The summed E-state index contributed by atoms with van der Waals surface area (Å²) in [5.74, 6) is -0.638. The number of ether oxygens (including phenoxy) is 1. The summed E-state index contributed by atoms with van der Waals surface area (Å²) in [5.41, 5.74) is 1.34. The van der Waals surface area contributed by atoms with Crippen LogP contribution in [0.5, 0.6) is 0 Å². The Morgan fingerprint density at radius 2 is 1.96 bits per heavy atom. The van der Waals surface area contributed by atoms with Crippen LogP contribution in [0, 0.1) is 5.92 Å². The van der Waals surface area contributed by atoms with Crippen LogP contribution in [0.1, 0.15) is 18.9 Å². The minimum atomic E-state index is -0.853. The van der Waals surface area contributed by atoms with E-state index in [1.54, 1.807) is 18.8 Å². The van der Waals surface area contributed by atoms with Crippen LogP contribution in [0.25, 0.3) is 0 Å². The smallest absolute Gasteiger partial charge is 0.323 e. The van der Waals surface area contributed by atoms with Gasteiger partial charge in [0.05, 0.1) is 6.10 Å². The molecule has 2 heterocycles. The van der Waals surface area contributed by atoms with E-state index in [-0.39, 0.29) is 17.5 Å². The maximum Gasteiger partial charge on any atom is 0.323 e. The number of carboxylic acids is 1. The van der Waals surface area contributed by atoms with E-state index < -0.39 is 12.0 Å². The monoisotopic (exact) mass is 393 g/mol. The van der Waals surface area contributed by atoms with Crippen molar-refractivity contribution in [3.05, 3.63) is 29.8 Å². The lowest BCUT2D eigenvalue weighted by Gasteiger charge is -2.32. The molecule has 0 aromatic heterocycles. The van der Waals surface area contributed by atoms with E-state index in [0.717, 1.165) is 39.1 Å². The normalized spacial score (nSPS) is 28.3. The number of nitrogens with one attached hydrogen (secondary N) is 1. The van der Waals surface area contributed by atoms with E-state index in [1.165, 1.54) is 10.5 Å². The van der Waals surface area contributed by atoms with Gasteiger partial charge in [0.25, 0.3) is 0 Å². The molecule has 2 fully saturated rings.